The van der Waals surface area contributed by atoms with Crippen LogP contribution in [0.1, 0.15) is 44.9 Å². The zero-order valence-corrected chi connectivity index (χ0v) is 15.6. The molecule has 6 heteroatoms. The maximum atomic E-state index is 12.3. The number of para-hydroxylation sites is 2. The average Bonchev–Trinajstić information content (AvgIpc) is 2.91. The van der Waals surface area contributed by atoms with Crippen LogP contribution in [0.4, 0.5) is 0 Å². The SMILES string of the molecule is Cn1c(=O)n(CCC(=O)NCCCOC2CCCCC2)c2ccccc21. The van der Waals surface area contributed by atoms with Crippen molar-refractivity contribution < 1.29 is 9.53 Å². The van der Waals surface area contributed by atoms with Crippen molar-refractivity contribution in [3.8, 4) is 0 Å². The first-order valence-corrected chi connectivity index (χ1v) is 9.69. The number of nitrogens with one attached hydrogen (secondary N) is 1. The van der Waals surface area contributed by atoms with E-state index >= 15 is 0 Å². The summed E-state index contributed by atoms with van der Waals surface area (Å²) in [5, 5.41) is 2.92. The van der Waals surface area contributed by atoms with E-state index in [0.29, 0.717) is 32.2 Å². The molecule has 2 aromatic rings. The first-order chi connectivity index (χ1) is 12.7. The monoisotopic (exact) mass is 359 g/mol. The second kappa shape index (κ2) is 9.03. The fraction of sp³-hybridized carbons (Fsp3) is 0.600. The van der Waals surface area contributed by atoms with Crippen molar-refractivity contribution in [3.05, 3.63) is 34.7 Å². The maximum absolute atomic E-state index is 12.3. The largest absolute Gasteiger partial charge is 0.378 e. The summed E-state index contributed by atoms with van der Waals surface area (Å²) in [6.45, 7) is 1.72. The van der Waals surface area contributed by atoms with Crippen molar-refractivity contribution in [2.45, 2.75) is 57.6 Å². The number of carbonyl (C=O) groups is 1. The number of aromatic nitrogens is 2. The molecule has 0 saturated heterocycles. The molecule has 0 bridgehead atoms. The molecule has 0 radical (unpaired) electrons. The molecule has 26 heavy (non-hydrogen) atoms. The fourth-order valence-electron chi connectivity index (χ4n) is 3.66. The molecule has 1 N–H and O–H groups in total. The highest BCUT2D eigenvalue weighted by Crippen LogP contribution is 2.20. The summed E-state index contributed by atoms with van der Waals surface area (Å²) in [6.07, 6.45) is 7.77. The molecule has 0 unspecified atom stereocenters. The van der Waals surface area contributed by atoms with Crippen molar-refractivity contribution >= 4 is 16.9 Å². The van der Waals surface area contributed by atoms with Crippen LogP contribution in [-0.2, 0) is 23.1 Å². The van der Waals surface area contributed by atoms with E-state index in [1.54, 1.807) is 16.2 Å². The smallest absolute Gasteiger partial charge is 0.328 e. The van der Waals surface area contributed by atoms with Gasteiger partial charge in [0, 0.05) is 33.2 Å². The molecule has 1 fully saturated rings. The summed E-state index contributed by atoms with van der Waals surface area (Å²) in [6, 6.07) is 7.65. The third kappa shape index (κ3) is 4.55. The molecule has 3 rings (SSSR count). The van der Waals surface area contributed by atoms with Crippen molar-refractivity contribution in [3.63, 3.8) is 0 Å². The minimum atomic E-state index is -0.0834. The molecule has 142 valence electrons. The minimum absolute atomic E-state index is 0.0255. The molecule has 0 aliphatic heterocycles. The Morgan fingerprint density at radius 2 is 1.92 bits per heavy atom. The summed E-state index contributed by atoms with van der Waals surface area (Å²) < 4.78 is 9.15. The van der Waals surface area contributed by atoms with Gasteiger partial charge >= 0.3 is 5.69 Å². The topological polar surface area (TPSA) is 65.3 Å². The lowest BCUT2D eigenvalue weighted by atomic mass is 9.98. The van der Waals surface area contributed by atoms with Crippen LogP contribution in [0.5, 0.6) is 0 Å². The lowest BCUT2D eigenvalue weighted by molar-refractivity contribution is -0.121. The summed E-state index contributed by atoms with van der Waals surface area (Å²) in [7, 11) is 1.76. The first-order valence-electron chi connectivity index (χ1n) is 9.69. The lowest BCUT2D eigenvalue weighted by Gasteiger charge is -2.21. The Bertz CT molecular complexity index is 787. The van der Waals surface area contributed by atoms with Crippen molar-refractivity contribution in [1.29, 1.82) is 0 Å². The Morgan fingerprint density at radius 1 is 1.19 bits per heavy atom. The number of ether oxygens (including phenoxy) is 1. The van der Waals surface area contributed by atoms with Crippen LogP contribution < -0.4 is 11.0 Å². The first kappa shape index (κ1) is 18.7. The highest BCUT2D eigenvalue weighted by Gasteiger charge is 2.13. The number of fused-ring (bicyclic) bond motifs is 1. The predicted molar refractivity (Wildman–Crippen MR) is 102 cm³/mol. The van der Waals surface area contributed by atoms with E-state index in [2.05, 4.69) is 5.32 Å². The normalized spacial score (nSPS) is 15.4. The third-order valence-electron chi connectivity index (χ3n) is 5.16. The fourth-order valence-corrected chi connectivity index (χ4v) is 3.66. The van der Waals surface area contributed by atoms with Gasteiger partial charge in [-0.2, -0.15) is 0 Å². The van der Waals surface area contributed by atoms with Gasteiger partial charge in [-0.05, 0) is 31.4 Å². The van der Waals surface area contributed by atoms with E-state index in [9.17, 15) is 9.59 Å². The van der Waals surface area contributed by atoms with E-state index in [-0.39, 0.29) is 11.6 Å². The number of amides is 1. The Kier molecular flexibility index (Phi) is 6.50. The quantitative estimate of drug-likeness (QED) is 0.737. The molecule has 0 spiro atoms. The zero-order valence-electron chi connectivity index (χ0n) is 15.6. The molecule has 1 aromatic carbocycles. The Balaban J connectivity index is 1.39. The molecule has 1 aromatic heterocycles. The second-order valence-corrected chi connectivity index (χ2v) is 7.07. The van der Waals surface area contributed by atoms with Gasteiger partial charge in [0.15, 0.2) is 0 Å². The van der Waals surface area contributed by atoms with Crippen LogP contribution in [-0.4, -0.2) is 34.3 Å². The van der Waals surface area contributed by atoms with Gasteiger partial charge in [0.25, 0.3) is 0 Å². The average molecular weight is 359 g/mol. The number of benzene rings is 1. The molecule has 1 aliphatic rings. The van der Waals surface area contributed by atoms with Crippen LogP contribution >= 0.6 is 0 Å². The van der Waals surface area contributed by atoms with Gasteiger partial charge in [-0.3, -0.25) is 13.9 Å². The van der Waals surface area contributed by atoms with Gasteiger partial charge in [-0.1, -0.05) is 31.4 Å². The number of rotatable bonds is 8. The van der Waals surface area contributed by atoms with E-state index in [0.717, 1.165) is 17.5 Å². The van der Waals surface area contributed by atoms with Crippen molar-refractivity contribution in [2.75, 3.05) is 13.2 Å². The standard InChI is InChI=1S/C20H29N3O3/c1-22-17-10-5-6-11-18(17)23(20(22)25)14-12-19(24)21-13-7-15-26-16-8-3-2-4-9-16/h5-6,10-11,16H,2-4,7-9,12-15H2,1H3,(H,21,24). The summed E-state index contributed by atoms with van der Waals surface area (Å²) in [5.41, 5.74) is 1.67. The highest BCUT2D eigenvalue weighted by atomic mass is 16.5. The van der Waals surface area contributed by atoms with Crippen LogP contribution in [0.15, 0.2) is 29.1 Å². The van der Waals surface area contributed by atoms with E-state index in [4.69, 9.17) is 4.74 Å². The second-order valence-electron chi connectivity index (χ2n) is 7.07. The number of imidazole rings is 1. The van der Waals surface area contributed by atoms with Gasteiger partial charge in [0.2, 0.25) is 5.91 Å². The molecule has 1 saturated carbocycles. The van der Waals surface area contributed by atoms with Crippen LogP contribution in [0.3, 0.4) is 0 Å². The molecule has 0 atom stereocenters. The molecule has 6 nitrogen and oxygen atoms in total. The summed E-state index contributed by atoms with van der Waals surface area (Å²) in [5.74, 6) is -0.0255. The van der Waals surface area contributed by atoms with E-state index < -0.39 is 0 Å². The summed E-state index contributed by atoms with van der Waals surface area (Å²) >= 11 is 0. The Labute approximate surface area is 154 Å². The van der Waals surface area contributed by atoms with Gasteiger partial charge in [-0.15, -0.1) is 0 Å². The number of carbonyl (C=O) groups excluding carboxylic acids is 1. The summed E-state index contributed by atoms with van der Waals surface area (Å²) in [4.78, 5) is 24.4. The molecule has 1 heterocycles. The van der Waals surface area contributed by atoms with Crippen LogP contribution in [0.2, 0.25) is 0 Å². The van der Waals surface area contributed by atoms with Crippen LogP contribution in [0.25, 0.3) is 11.0 Å². The van der Waals surface area contributed by atoms with Crippen molar-refractivity contribution in [2.24, 2.45) is 7.05 Å². The van der Waals surface area contributed by atoms with E-state index in [1.165, 1.54) is 32.1 Å². The highest BCUT2D eigenvalue weighted by molar-refractivity contribution is 5.77. The molecule has 1 amide bonds. The van der Waals surface area contributed by atoms with Crippen LogP contribution in [0, 0.1) is 0 Å². The lowest BCUT2D eigenvalue weighted by Crippen LogP contribution is -2.29. The number of aryl methyl sites for hydroxylation is 2. The number of hydrogen-bond acceptors (Lipinski definition) is 3. The molecule has 1 aliphatic carbocycles. The number of nitrogens with zero attached hydrogens (tertiary/aromatic N) is 2. The third-order valence-corrected chi connectivity index (χ3v) is 5.16. The van der Waals surface area contributed by atoms with Gasteiger partial charge < -0.3 is 10.1 Å². The minimum Gasteiger partial charge on any atom is -0.378 e. The molecular weight excluding hydrogens is 330 g/mol. The predicted octanol–water partition coefficient (Wildman–Crippen LogP) is 2.59. The van der Waals surface area contributed by atoms with Gasteiger partial charge in [-0.25, -0.2) is 4.79 Å². The number of hydrogen-bond donors (Lipinski definition) is 1. The van der Waals surface area contributed by atoms with Crippen molar-refractivity contribution in [1.82, 2.24) is 14.5 Å². The van der Waals surface area contributed by atoms with Gasteiger partial charge in [0.1, 0.15) is 0 Å². The van der Waals surface area contributed by atoms with E-state index in [1.807, 2.05) is 24.3 Å². The Hall–Kier alpha value is -2.08. The zero-order chi connectivity index (χ0) is 18.4. The molecular formula is C20H29N3O3. The Morgan fingerprint density at radius 3 is 2.69 bits per heavy atom. The maximum Gasteiger partial charge on any atom is 0.328 e. The van der Waals surface area contributed by atoms with Gasteiger partial charge in [0.05, 0.1) is 17.1 Å².